The maximum atomic E-state index is 12.4. The quantitative estimate of drug-likeness (QED) is 0.0323. The third kappa shape index (κ3) is 43.9. The van der Waals surface area contributed by atoms with Crippen LogP contribution in [0.15, 0.2) is 24.3 Å². The number of nitrogens with one attached hydrogen (secondary N) is 1. The summed E-state index contributed by atoms with van der Waals surface area (Å²) >= 11 is 0. The summed E-state index contributed by atoms with van der Waals surface area (Å²) in [6.07, 6.45) is 56.1. The Kier molecular flexibility index (Phi) is 46.6. The summed E-state index contributed by atoms with van der Waals surface area (Å²) in [5, 5.41) is 23.0. The Hall–Kier alpha value is -1.66. The maximum absolute atomic E-state index is 12.4. The van der Waals surface area contributed by atoms with Gasteiger partial charge in [0, 0.05) is 12.8 Å². The summed E-state index contributed by atoms with van der Waals surface area (Å²) in [5.74, 6) is -0.162. The monoisotopic (exact) mass is 818 g/mol. The average Bonchev–Trinajstić information content (AvgIpc) is 3.22. The van der Waals surface area contributed by atoms with E-state index in [1.54, 1.807) is 6.08 Å². The van der Waals surface area contributed by atoms with Crippen molar-refractivity contribution in [1.29, 1.82) is 0 Å². The van der Waals surface area contributed by atoms with Crippen molar-refractivity contribution in [3.05, 3.63) is 24.3 Å². The Morgan fingerprint density at radius 3 is 1.26 bits per heavy atom. The Labute approximate surface area is 361 Å². The van der Waals surface area contributed by atoms with Gasteiger partial charge in [-0.3, -0.25) is 9.59 Å². The molecule has 0 fully saturated rings. The molecule has 0 bridgehead atoms. The van der Waals surface area contributed by atoms with Gasteiger partial charge in [-0.2, -0.15) is 0 Å². The first kappa shape index (κ1) is 56.3. The molecule has 0 aromatic rings. The fourth-order valence-corrected chi connectivity index (χ4v) is 7.75. The largest absolute Gasteiger partial charge is 0.466 e. The van der Waals surface area contributed by atoms with Gasteiger partial charge in [-0.25, -0.2) is 0 Å². The molecule has 2 unspecified atom stereocenters. The van der Waals surface area contributed by atoms with Crippen molar-refractivity contribution in [3.63, 3.8) is 0 Å². The lowest BCUT2D eigenvalue weighted by Gasteiger charge is -2.19. The molecule has 0 rings (SSSR count). The minimum Gasteiger partial charge on any atom is -0.466 e. The molecule has 0 aliphatic carbocycles. The number of esters is 1. The van der Waals surface area contributed by atoms with Crippen LogP contribution in [0.3, 0.4) is 0 Å². The van der Waals surface area contributed by atoms with E-state index in [1.807, 2.05) is 6.08 Å². The Balaban J connectivity index is 3.55. The first-order chi connectivity index (χ1) is 28.5. The molecule has 0 aromatic carbocycles. The number of allylic oxidation sites excluding steroid dienone is 3. The van der Waals surface area contributed by atoms with E-state index in [0.29, 0.717) is 19.4 Å². The predicted molar refractivity (Wildman–Crippen MR) is 250 cm³/mol. The van der Waals surface area contributed by atoms with Crippen LogP contribution in [0.5, 0.6) is 0 Å². The highest BCUT2D eigenvalue weighted by molar-refractivity contribution is 5.76. The van der Waals surface area contributed by atoms with Crippen molar-refractivity contribution >= 4 is 11.9 Å². The van der Waals surface area contributed by atoms with E-state index in [-0.39, 0.29) is 18.5 Å². The molecule has 0 radical (unpaired) electrons. The Morgan fingerprint density at radius 2 is 0.828 bits per heavy atom. The number of amides is 1. The molecule has 0 saturated heterocycles. The first-order valence-corrected chi connectivity index (χ1v) is 25.6. The second-order valence-corrected chi connectivity index (χ2v) is 17.5. The lowest BCUT2D eigenvalue weighted by atomic mass is 10.0. The van der Waals surface area contributed by atoms with Crippen molar-refractivity contribution in [1.82, 2.24) is 5.32 Å². The number of rotatable bonds is 47. The molecule has 0 heterocycles. The van der Waals surface area contributed by atoms with E-state index in [4.69, 9.17) is 4.74 Å². The average molecular weight is 818 g/mol. The standard InChI is InChI=1S/C52H99NO5/c1-3-5-7-9-11-13-15-17-19-20-22-24-26-30-34-38-42-46-52(57)58-47-43-39-35-31-27-29-33-37-41-45-51(56)53-49(48-54)50(55)44-40-36-32-28-25-23-21-18-16-14-12-10-8-6-4-2/h29,33,40,44,49-50,54-55H,3-28,30-32,34-39,41-43,45-48H2,1-2H3,(H,53,56)/b33-29-,44-40+. The smallest absolute Gasteiger partial charge is 0.305 e. The molecule has 0 spiro atoms. The molecule has 0 aromatic heterocycles. The van der Waals surface area contributed by atoms with Gasteiger partial charge >= 0.3 is 5.97 Å². The van der Waals surface area contributed by atoms with Gasteiger partial charge in [0.25, 0.3) is 0 Å². The van der Waals surface area contributed by atoms with Gasteiger partial charge in [0.2, 0.25) is 5.91 Å². The number of unbranched alkanes of at least 4 members (excludes halogenated alkanes) is 34. The van der Waals surface area contributed by atoms with E-state index in [0.717, 1.165) is 70.6 Å². The summed E-state index contributed by atoms with van der Waals surface area (Å²) in [7, 11) is 0. The summed E-state index contributed by atoms with van der Waals surface area (Å²) < 4.78 is 5.45. The maximum Gasteiger partial charge on any atom is 0.305 e. The van der Waals surface area contributed by atoms with Crippen LogP contribution in [0.25, 0.3) is 0 Å². The van der Waals surface area contributed by atoms with E-state index in [1.165, 1.54) is 173 Å². The summed E-state index contributed by atoms with van der Waals surface area (Å²) in [4.78, 5) is 24.4. The molecule has 3 N–H and O–H groups in total. The predicted octanol–water partition coefficient (Wildman–Crippen LogP) is 15.1. The van der Waals surface area contributed by atoms with Crippen molar-refractivity contribution in [2.75, 3.05) is 13.2 Å². The van der Waals surface area contributed by atoms with Crippen LogP contribution in [0.1, 0.15) is 271 Å². The van der Waals surface area contributed by atoms with Crippen LogP contribution in [0.2, 0.25) is 0 Å². The topological polar surface area (TPSA) is 95.9 Å². The number of carbonyl (C=O) groups excluding carboxylic acids is 2. The second kappa shape index (κ2) is 48.0. The number of carbonyl (C=O) groups is 2. The van der Waals surface area contributed by atoms with Crippen molar-refractivity contribution < 1.29 is 24.5 Å². The Bertz CT molecular complexity index is 904. The van der Waals surface area contributed by atoms with Crippen LogP contribution in [-0.4, -0.2) is 47.4 Å². The number of aliphatic hydroxyl groups is 2. The zero-order valence-corrected chi connectivity index (χ0v) is 38.8. The highest BCUT2D eigenvalue weighted by atomic mass is 16.5. The molecule has 342 valence electrons. The third-order valence-corrected chi connectivity index (χ3v) is 11.7. The van der Waals surface area contributed by atoms with Crippen molar-refractivity contribution in [3.8, 4) is 0 Å². The first-order valence-electron chi connectivity index (χ1n) is 25.6. The van der Waals surface area contributed by atoms with Crippen molar-refractivity contribution in [2.24, 2.45) is 0 Å². The molecule has 58 heavy (non-hydrogen) atoms. The van der Waals surface area contributed by atoms with E-state index in [9.17, 15) is 19.8 Å². The SMILES string of the molecule is CCCCCCCCCCCCCCC/C=C/C(O)C(CO)NC(=O)CCC/C=C\CCCCCCOC(=O)CCCCCCCCCCCCCCCCCCC. The highest BCUT2D eigenvalue weighted by Gasteiger charge is 2.17. The van der Waals surface area contributed by atoms with E-state index in [2.05, 4.69) is 31.3 Å². The van der Waals surface area contributed by atoms with Gasteiger partial charge in [-0.05, 0) is 51.4 Å². The molecule has 1 amide bonds. The van der Waals surface area contributed by atoms with Gasteiger partial charge < -0.3 is 20.3 Å². The minimum absolute atomic E-state index is 0.0344. The van der Waals surface area contributed by atoms with Crippen LogP contribution in [0.4, 0.5) is 0 Å². The minimum atomic E-state index is -0.874. The van der Waals surface area contributed by atoms with Gasteiger partial charge in [-0.1, -0.05) is 231 Å². The van der Waals surface area contributed by atoms with E-state index >= 15 is 0 Å². The molecular formula is C52H99NO5. The van der Waals surface area contributed by atoms with Gasteiger partial charge in [0.15, 0.2) is 0 Å². The van der Waals surface area contributed by atoms with E-state index < -0.39 is 12.1 Å². The molecule has 6 heteroatoms. The van der Waals surface area contributed by atoms with Crippen LogP contribution in [-0.2, 0) is 14.3 Å². The molecule has 0 aliphatic heterocycles. The van der Waals surface area contributed by atoms with Crippen LogP contribution in [0, 0.1) is 0 Å². The number of aliphatic hydroxyl groups excluding tert-OH is 2. The summed E-state index contributed by atoms with van der Waals surface area (Å²) in [5.41, 5.74) is 0. The van der Waals surface area contributed by atoms with Crippen molar-refractivity contribution in [2.45, 2.75) is 283 Å². The lowest BCUT2D eigenvalue weighted by Crippen LogP contribution is -2.45. The van der Waals surface area contributed by atoms with Gasteiger partial charge in [0.05, 0.1) is 25.4 Å². The fourth-order valence-electron chi connectivity index (χ4n) is 7.75. The normalized spacial score (nSPS) is 12.8. The van der Waals surface area contributed by atoms with Gasteiger partial charge in [-0.15, -0.1) is 0 Å². The molecule has 0 aliphatic rings. The zero-order valence-electron chi connectivity index (χ0n) is 38.8. The number of hydrogen-bond acceptors (Lipinski definition) is 5. The second-order valence-electron chi connectivity index (χ2n) is 17.5. The lowest BCUT2D eigenvalue weighted by molar-refractivity contribution is -0.143. The third-order valence-electron chi connectivity index (χ3n) is 11.7. The summed E-state index contributed by atoms with van der Waals surface area (Å²) in [6, 6.07) is -0.664. The highest BCUT2D eigenvalue weighted by Crippen LogP contribution is 2.16. The molecular weight excluding hydrogens is 719 g/mol. The summed E-state index contributed by atoms with van der Waals surface area (Å²) in [6.45, 7) is 4.82. The molecule has 2 atom stereocenters. The Morgan fingerprint density at radius 1 is 0.466 bits per heavy atom. The van der Waals surface area contributed by atoms with Crippen LogP contribution >= 0.6 is 0 Å². The number of hydrogen-bond donors (Lipinski definition) is 3. The van der Waals surface area contributed by atoms with Gasteiger partial charge in [0.1, 0.15) is 0 Å². The zero-order chi connectivity index (χ0) is 42.3. The van der Waals surface area contributed by atoms with Crippen LogP contribution < -0.4 is 5.32 Å². The molecule has 6 nitrogen and oxygen atoms in total. The fraction of sp³-hybridized carbons (Fsp3) is 0.885. The molecule has 0 saturated carbocycles. The number of ether oxygens (including phenoxy) is 1.